The van der Waals surface area contributed by atoms with Crippen molar-refractivity contribution in [3.8, 4) is 0 Å². The van der Waals surface area contributed by atoms with Crippen LogP contribution in [0, 0.1) is 0 Å². The van der Waals surface area contributed by atoms with Crippen LogP contribution in [-0.4, -0.2) is 28.5 Å². The topological polar surface area (TPSA) is 46.6 Å². The molecule has 2 N–H and O–H groups in total. The van der Waals surface area contributed by atoms with Crippen molar-refractivity contribution in [2.75, 3.05) is 18.0 Å². The fraction of sp³-hybridized carbons (Fsp3) is 0.643. The van der Waals surface area contributed by atoms with Gasteiger partial charge in [0.15, 0.2) is 10.8 Å². The van der Waals surface area contributed by atoms with Crippen molar-refractivity contribution in [3.05, 3.63) is 17.3 Å². The Kier molecular flexibility index (Phi) is 3.75. The maximum Gasteiger partial charge on any atom is 0.195 e. The summed E-state index contributed by atoms with van der Waals surface area (Å²) in [6.07, 6.45) is 8.15. The molecule has 0 bridgehead atoms. The minimum absolute atomic E-state index is 0.648. The fourth-order valence-corrected chi connectivity index (χ4v) is 3.85. The standard InChI is InChI=1S/C14H22N4S/c1-2-11-5-3-4-8-17(11)13-12(6-7-15)18-9-10-19-14(18)16-13/h9-11H,2-8,15H2,1H3. The van der Waals surface area contributed by atoms with Gasteiger partial charge in [0, 0.05) is 30.6 Å². The summed E-state index contributed by atoms with van der Waals surface area (Å²) in [5.74, 6) is 1.18. The minimum atomic E-state index is 0.648. The lowest BCUT2D eigenvalue weighted by molar-refractivity contribution is 0.446. The van der Waals surface area contributed by atoms with Crippen LogP contribution < -0.4 is 10.6 Å². The zero-order valence-corrected chi connectivity index (χ0v) is 12.3. The monoisotopic (exact) mass is 278 g/mol. The van der Waals surface area contributed by atoms with E-state index < -0.39 is 0 Å². The molecule has 0 saturated carbocycles. The normalized spacial score (nSPS) is 20.3. The first-order valence-corrected chi connectivity index (χ1v) is 8.14. The van der Waals surface area contributed by atoms with Gasteiger partial charge in [0.2, 0.25) is 0 Å². The van der Waals surface area contributed by atoms with E-state index >= 15 is 0 Å². The molecule has 3 heterocycles. The number of fused-ring (bicyclic) bond motifs is 1. The van der Waals surface area contributed by atoms with Crippen molar-refractivity contribution in [1.82, 2.24) is 9.38 Å². The number of imidazole rings is 1. The first-order chi connectivity index (χ1) is 9.35. The second kappa shape index (κ2) is 5.51. The molecule has 0 amide bonds. The van der Waals surface area contributed by atoms with Gasteiger partial charge in [0.25, 0.3) is 0 Å². The Morgan fingerprint density at radius 3 is 3.16 bits per heavy atom. The van der Waals surface area contributed by atoms with Gasteiger partial charge in [0.1, 0.15) is 0 Å². The highest BCUT2D eigenvalue weighted by atomic mass is 32.1. The molecule has 1 atom stereocenters. The van der Waals surface area contributed by atoms with Gasteiger partial charge < -0.3 is 10.6 Å². The van der Waals surface area contributed by atoms with Crippen LogP contribution in [0.3, 0.4) is 0 Å². The Hall–Kier alpha value is -1.07. The van der Waals surface area contributed by atoms with Crippen molar-refractivity contribution >= 4 is 22.1 Å². The molecule has 1 saturated heterocycles. The first kappa shape index (κ1) is 12.9. The number of anilines is 1. The molecule has 0 aliphatic carbocycles. The molecular weight excluding hydrogens is 256 g/mol. The van der Waals surface area contributed by atoms with Gasteiger partial charge in [0.05, 0.1) is 5.69 Å². The molecule has 2 aromatic heterocycles. The Bertz CT molecular complexity index is 545. The van der Waals surface area contributed by atoms with Crippen LogP contribution in [0.25, 0.3) is 4.96 Å². The van der Waals surface area contributed by atoms with Crippen molar-refractivity contribution in [3.63, 3.8) is 0 Å². The third-order valence-electron chi connectivity index (χ3n) is 4.09. The molecule has 19 heavy (non-hydrogen) atoms. The SMILES string of the molecule is CCC1CCCCN1c1nc2sccn2c1CCN. The summed E-state index contributed by atoms with van der Waals surface area (Å²) < 4.78 is 2.22. The van der Waals surface area contributed by atoms with Crippen molar-refractivity contribution < 1.29 is 0 Å². The van der Waals surface area contributed by atoms with Crippen LogP contribution in [0.5, 0.6) is 0 Å². The summed E-state index contributed by atoms with van der Waals surface area (Å²) in [4.78, 5) is 8.48. The summed E-state index contributed by atoms with van der Waals surface area (Å²) in [7, 11) is 0. The van der Waals surface area contributed by atoms with Crippen LogP contribution in [0.2, 0.25) is 0 Å². The van der Waals surface area contributed by atoms with Crippen molar-refractivity contribution in [1.29, 1.82) is 0 Å². The minimum Gasteiger partial charge on any atom is -0.352 e. The van der Waals surface area contributed by atoms with Gasteiger partial charge in [-0.3, -0.25) is 4.40 Å². The fourth-order valence-electron chi connectivity index (χ4n) is 3.12. The van der Waals surface area contributed by atoms with E-state index in [9.17, 15) is 0 Å². The number of piperidine rings is 1. The number of aromatic nitrogens is 2. The van der Waals surface area contributed by atoms with E-state index in [1.807, 2.05) is 0 Å². The Morgan fingerprint density at radius 1 is 1.47 bits per heavy atom. The Balaban J connectivity index is 2.02. The maximum atomic E-state index is 5.79. The molecule has 0 spiro atoms. The van der Waals surface area contributed by atoms with Crippen LogP contribution >= 0.6 is 11.3 Å². The predicted molar refractivity (Wildman–Crippen MR) is 81.1 cm³/mol. The molecular formula is C14H22N4S. The van der Waals surface area contributed by atoms with Gasteiger partial charge in [-0.25, -0.2) is 4.98 Å². The quantitative estimate of drug-likeness (QED) is 0.935. The average molecular weight is 278 g/mol. The van der Waals surface area contributed by atoms with Crippen molar-refractivity contribution in [2.24, 2.45) is 5.73 Å². The summed E-state index contributed by atoms with van der Waals surface area (Å²) >= 11 is 1.71. The van der Waals surface area contributed by atoms with E-state index in [1.165, 1.54) is 37.2 Å². The molecule has 5 heteroatoms. The number of hydrogen-bond acceptors (Lipinski definition) is 4. The van der Waals surface area contributed by atoms with Crippen LogP contribution in [0.4, 0.5) is 5.82 Å². The summed E-state index contributed by atoms with van der Waals surface area (Å²) in [6, 6.07) is 0.648. The van der Waals surface area contributed by atoms with E-state index in [2.05, 4.69) is 27.8 Å². The average Bonchev–Trinajstić information content (AvgIpc) is 3.01. The lowest BCUT2D eigenvalue weighted by Gasteiger charge is -2.36. The van der Waals surface area contributed by atoms with E-state index in [4.69, 9.17) is 10.7 Å². The largest absolute Gasteiger partial charge is 0.352 e. The third-order valence-corrected chi connectivity index (χ3v) is 4.85. The van der Waals surface area contributed by atoms with Gasteiger partial charge in [-0.05, 0) is 32.2 Å². The second-order valence-electron chi connectivity index (χ2n) is 5.23. The lowest BCUT2D eigenvalue weighted by atomic mass is 10.00. The number of nitrogens with zero attached hydrogens (tertiary/aromatic N) is 3. The highest BCUT2D eigenvalue weighted by Gasteiger charge is 2.26. The molecule has 0 aromatic carbocycles. The van der Waals surface area contributed by atoms with E-state index in [0.29, 0.717) is 12.6 Å². The van der Waals surface area contributed by atoms with E-state index in [-0.39, 0.29) is 0 Å². The molecule has 0 radical (unpaired) electrons. The van der Waals surface area contributed by atoms with Crippen LogP contribution in [0.1, 0.15) is 38.3 Å². The molecule has 2 aromatic rings. The molecule has 1 fully saturated rings. The molecule has 1 aliphatic rings. The van der Waals surface area contributed by atoms with Crippen LogP contribution in [0.15, 0.2) is 11.6 Å². The Labute approximate surface area is 118 Å². The first-order valence-electron chi connectivity index (χ1n) is 7.26. The highest BCUT2D eigenvalue weighted by molar-refractivity contribution is 7.15. The highest BCUT2D eigenvalue weighted by Crippen LogP contribution is 2.31. The molecule has 1 unspecified atom stereocenters. The number of nitrogens with two attached hydrogens (primary N) is 1. The number of rotatable bonds is 4. The van der Waals surface area contributed by atoms with E-state index in [0.717, 1.165) is 17.9 Å². The van der Waals surface area contributed by atoms with Gasteiger partial charge >= 0.3 is 0 Å². The molecule has 104 valence electrons. The van der Waals surface area contributed by atoms with Gasteiger partial charge in [-0.15, -0.1) is 11.3 Å². The zero-order valence-electron chi connectivity index (χ0n) is 11.5. The smallest absolute Gasteiger partial charge is 0.195 e. The Morgan fingerprint density at radius 2 is 2.37 bits per heavy atom. The predicted octanol–water partition coefficient (Wildman–Crippen LogP) is 2.67. The molecule has 4 nitrogen and oxygen atoms in total. The number of thiazole rings is 1. The number of hydrogen-bond donors (Lipinski definition) is 1. The van der Waals surface area contributed by atoms with Gasteiger partial charge in [-0.2, -0.15) is 0 Å². The zero-order chi connectivity index (χ0) is 13.2. The molecule has 1 aliphatic heterocycles. The van der Waals surface area contributed by atoms with Crippen LogP contribution in [-0.2, 0) is 6.42 Å². The molecule has 3 rings (SSSR count). The maximum absolute atomic E-state index is 5.79. The van der Waals surface area contributed by atoms with Crippen molar-refractivity contribution in [2.45, 2.75) is 45.1 Å². The van der Waals surface area contributed by atoms with E-state index in [1.54, 1.807) is 11.3 Å². The summed E-state index contributed by atoms with van der Waals surface area (Å²) in [6.45, 7) is 4.10. The summed E-state index contributed by atoms with van der Waals surface area (Å²) in [5.41, 5.74) is 7.08. The summed E-state index contributed by atoms with van der Waals surface area (Å²) in [5, 5.41) is 2.10. The lowest BCUT2D eigenvalue weighted by Crippen LogP contribution is -2.40. The second-order valence-corrected chi connectivity index (χ2v) is 6.10. The third kappa shape index (κ3) is 2.25. The van der Waals surface area contributed by atoms with Gasteiger partial charge in [-0.1, -0.05) is 6.92 Å².